The van der Waals surface area contributed by atoms with Gasteiger partial charge < -0.3 is 14.6 Å². The van der Waals surface area contributed by atoms with Gasteiger partial charge in [0.15, 0.2) is 6.10 Å². The van der Waals surface area contributed by atoms with Gasteiger partial charge in [-0.05, 0) is 26.2 Å². The van der Waals surface area contributed by atoms with E-state index in [4.69, 9.17) is 14.6 Å². The molecule has 0 saturated carbocycles. The summed E-state index contributed by atoms with van der Waals surface area (Å²) in [6, 6.07) is 0. The highest BCUT2D eigenvalue weighted by Crippen LogP contribution is 2.24. The van der Waals surface area contributed by atoms with Gasteiger partial charge in [-0.2, -0.15) is 0 Å². The lowest BCUT2D eigenvalue weighted by molar-refractivity contribution is -0.148. The molecule has 0 aliphatic carbocycles. The Morgan fingerprint density at radius 3 is 2.71 bits per heavy atom. The van der Waals surface area contributed by atoms with Gasteiger partial charge in [0.05, 0.1) is 23.2 Å². The predicted molar refractivity (Wildman–Crippen MR) is 62.4 cm³/mol. The zero-order chi connectivity index (χ0) is 12.4. The Labute approximate surface area is 103 Å². The maximum atomic E-state index is 12.1. The van der Waals surface area contributed by atoms with E-state index in [9.17, 15) is 9.00 Å². The van der Waals surface area contributed by atoms with Crippen LogP contribution in [0, 0.1) is 0 Å². The van der Waals surface area contributed by atoms with Crippen molar-refractivity contribution in [3.63, 3.8) is 0 Å². The van der Waals surface area contributed by atoms with Crippen molar-refractivity contribution in [3.05, 3.63) is 0 Å². The molecule has 2 rings (SSSR count). The summed E-state index contributed by atoms with van der Waals surface area (Å²) in [5, 5.41) is 8.87. The fourth-order valence-corrected chi connectivity index (χ4v) is 4.10. The molecular weight excluding hydrogens is 244 g/mol. The standard InChI is InChI=1S/C11H18O5S/c1-7-10(4-5-15-7)17(14)6-8-2-3-9(16-8)11(12)13/h7-10H,2-6H2,1H3,(H,12,13). The summed E-state index contributed by atoms with van der Waals surface area (Å²) < 4.78 is 22.8. The molecule has 2 heterocycles. The summed E-state index contributed by atoms with van der Waals surface area (Å²) in [7, 11) is -0.986. The van der Waals surface area contributed by atoms with E-state index in [1.54, 1.807) is 0 Å². The second-order valence-corrected chi connectivity index (χ2v) is 6.31. The van der Waals surface area contributed by atoms with Crippen molar-refractivity contribution in [1.82, 2.24) is 0 Å². The molecular formula is C11H18O5S. The molecule has 2 aliphatic rings. The van der Waals surface area contributed by atoms with E-state index in [0.29, 0.717) is 25.2 Å². The van der Waals surface area contributed by atoms with Crippen LogP contribution >= 0.6 is 0 Å². The number of carbonyl (C=O) groups is 1. The van der Waals surface area contributed by atoms with Crippen LogP contribution in [0.1, 0.15) is 26.2 Å². The zero-order valence-corrected chi connectivity index (χ0v) is 10.6. The van der Waals surface area contributed by atoms with E-state index in [-0.39, 0.29) is 17.5 Å². The Bertz CT molecular complexity index is 319. The van der Waals surface area contributed by atoms with E-state index in [1.165, 1.54) is 0 Å². The lowest BCUT2D eigenvalue weighted by atomic mass is 10.2. The predicted octanol–water partition coefficient (Wildman–Crippen LogP) is 0.545. The van der Waals surface area contributed by atoms with Crippen molar-refractivity contribution in [3.8, 4) is 0 Å². The van der Waals surface area contributed by atoms with E-state index >= 15 is 0 Å². The first kappa shape index (κ1) is 13.0. The summed E-state index contributed by atoms with van der Waals surface area (Å²) >= 11 is 0. The summed E-state index contributed by atoms with van der Waals surface area (Å²) in [6.45, 7) is 2.60. The van der Waals surface area contributed by atoms with E-state index in [0.717, 1.165) is 6.42 Å². The normalized spacial score (nSPS) is 39.4. The van der Waals surface area contributed by atoms with Gasteiger partial charge in [-0.1, -0.05) is 0 Å². The Morgan fingerprint density at radius 1 is 1.41 bits per heavy atom. The van der Waals surface area contributed by atoms with Gasteiger partial charge >= 0.3 is 5.97 Å². The van der Waals surface area contributed by atoms with Gasteiger partial charge in [0.2, 0.25) is 0 Å². The molecule has 0 aromatic rings. The molecule has 17 heavy (non-hydrogen) atoms. The van der Waals surface area contributed by atoms with Crippen molar-refractivity contribution in [2.24, 2.45) is 0 Å². The van der Waals surface area contributed by atoms with Gasteiger partial charge in [0.1, 0.15) is 0 Å². The van der Waals surface area contributed by atoms with Crippen LogP contribution in [0.25, 0.3) is 0 Å². The maximum Gasteiger partial charge on any atom is 0.332 e. The average molecular weight is 262 g/mol. The number of carboxylic acids is 1. The van der Waals surface area contributed by atoms with Crippen LogP contribution in [0.4, 0.5) is 0 Å². The highest BCUT2D eigenvalue weighted by molar-refractivity contribution is 7.85. The minimum absolute atomic E-state index is 0.0347. The van der Waals surface area contributed by atoms with Crippen molar-refractivity contribution in [2.45, 2.75) is 49.7 Å². The average Bonchev–Trinajstić information content (AvgIpc) is 2.86. The summed E-state index contributed by atoms with van der Waals surface area (Å²) in [5.74, 6) is -0.488. The Morgan fingerprint density at radius 2 is 2.18 bits per heavy atom. The van der Waals surface area contributed by atoms with Gasteiger partial charge in [-0.3, -0.25) is 4.21 Å². The lowest BCUT2D eigenvalue weighted by Gasteiger charge is -2.16. The summed E-state index contributed by atoms with van der Waals surface area (Å²) in [4.78, 5) is 10.7. The molecule has 6 heteroatoms. The van der Waals surface area contributed by atoms with Crippen molar-refractivity contribution >= 4 is 16.8 Å². The molecule has 0 radical (unpaired) electrons. The Hall–Kier alpha value is -0.460. The van der Waals surface area contributed by atoms with Crippen LogP contribution in [-0.4, -0.2) is 51.2 Å². The Balaban J connectivity index is 1.82. The van der Waals surface area contributed by atoms with Crippen LogP contribution < -0.4 is 0 Å². The number of ether oxygens (including phenoxy) is 2. The SMILES string of the molecule is CC1OCCC1S(=O)CC1CCC(C(=O)O)O1. The maximum absolute atomic E-state index is 12.1. The number of hydrogen-bond donors (Lipinski definition) is 1. The molecule has 5 nitrogen and oxygen atoms in total. The minimum atomic E-state index is -0.986. The third kappa shape index (κ3) is 3.05. The van der Waals surface area contributed by atoms with Crippen molar-refractivity contribution < 1.29 is 23.6 Å². The quantitative estimate of drug-likeness (QED) is 0.800. The molecule has 2 fully saturated rings. The van der Waals surface area contributed by atoms with Crippen LogP contribution in [-0.2, 0) is 25.1 Å². The lowest BCUT2D eigenvalue weighted by Crippen LogP contribution is -2.30. The second kappa shape index (κ2) is 5.46. The molecule has 5 unspecified atom stereocenters. The highest BCUT2D eigenvalue weighted by atomic mass is 32.2. The highest BCUT2D eigenvalue weighted by Gasteiger charge is 2.35. The van der Waals surface area contributed by atoms with Gasteiger partial charge in [0, 0.05) is 17.4 Å². The number of hydrogen-bond acceptors (Lipinski definition) is 4. The molecule has 0 spiro atoms. The molecule has 2 saturated heterocycles. The third-order valence-corrected chi connectivity index (χ3v) is 5.37. The first-order chi connectivity index (χ1) is 8.08. The summed E-state index contributed by atoms with van der Waals surface area (Å²) in [6.07, 6.45) is 1.17. The fourth-order valence-electron chi connectivity index (χ4n) is 2.37. The molecule has 0 aromatic carbocycles. The largest absolute Gasteiger partial charge is 0.479 e. The van der Waals surface area contributed by atoms with Gasteiger partial charge in [-0.25, -0.2) is 4.79 Å². The van der Waals surface area contributed by atoms with Crippen LogP contribution in [0.2, 0.25) is 0 Å². The molecule has 1 N–H and O–H groups in total. The van der Waals surface area contributed by atoms with Crippen molar-refractivity contribution in [1.29, 1.82) is 0 Å². The van der Waals surface area contributed by atoms with E-state index in [1.807, 2.05) is 6.92 Å². The number of rotatable bonds is 4. The second-order valence-electron chi connectivity index (χ2n) is 4.61. The first-order valence-corrected chi connectivity index (χ1v) is 7.33. The zero-order valence-electron chi connectivity index (χ0n) is 9.83. The first-order valence-electron chi connectivity index (χ1n) is 5.95. The molecule has 0 bridgehead atoms. The van der Waals surface area contributed by atoms with E-state index in [2.05, 4.69) is 0 Å². The monoisotopic (exact) mass is 262 g/mol. The fraction of sp³-hybridized carbons (Fsp3) is 0.909. The minimum Gasteiger partial charge on any atom is -0.479 e. The molecule has 0 amide bonds. The van der Waals surface area contributed by atoms with Crippen molar-refractivity contribution in [2.75, 3.05) is 12.4 Å². The van der Waals surface area contributed by atoms with Gasteiger partial charge in [-0.15, -0.1) is 0 Å². The molecule has 5 atom stereocenters. The molecule has 0 aromatic heterocycles. The van der Waals surface area contributed by atoms with Crippen LogP contribution in [0.5, 0.6) is 0 Å². The summed E-state index contributed by atoms with van der Waals surface area (Å²) in [5.41, 5.74) is 0. The van der Waals surface area contributed by atoms with Crippen LogP contribution in [0.3, 0.4) is 0 Å². The Kier molecular flexibility index (Phi) is 4.17. The van der Waals surface area contributed by atoms with Crippen LogP contribution in [0.15, 0.2) is 0 Å². The molecule has 2 aliphatic heterocycles. The molecule has 98 valence electrons. The smallest absolute Gasteiger partial charge is 0.332 e. The topological polar surface area (TPSA) is 72.8 Å². The van der Waals surface area contributed by atoms with E-state index < -0.39 is 22.9 Å². The number of carboxylic acid groups (broad SMARTS) is 1. The van der Waals surface area contributed by atoms with Gasteiger partial charge in [0.25, 0.3) is 0 Å². The number of aliphatic carboxylic acids is 1. The third-order valence-electron chi connectivity index (χ3n) is 3.38.